The molecule has 9 heteroatoms. The van der Waals surface area contributed by atoms with Crippen LogP contribution in [0.5, 0.6) is 0 Å². The maximum Gasteiger partial charge on any atom is 0.310 e. The molecule has 0 saturated carbocycles. The number of nitrogens with one attached hydrogen (secondary N) is 1. The van der Waals surface area contributed by atoms with Gasteiger partial charge < -0.3 is 24.8 Å². The maximum absolute atomic E-state index is 14.8. The lowest BCUT2D eigenvalue weighted by Crippen LogP contribution is -2.46. The number of aliphatic imine (C=N–C) groups is 1. The van der Waals surface area contributed by atoms with Crippen LogP contribution < -0.4 is 10.2 Å². The molecule has 2 unspecified atom stereocenters. The van der Waals surface area contributed by atoms with Crippen molar-refractivity contribution in [2.24, 2.45) is 16.8 Å². The zero-order valence-corrected chi connectivity index (χ0v) is 22.0. The number of likely N-dealkylation sites (tertiary alicyclic amines) is 1. The van der Waals surface area contributed by atoms with Crippen molar-refractivity contribution in [1.29, 1.82) is 0 Å². The van der Waals surface area contributed by atoms with Crippen LogP contribution in [0.2, 0.25) is 0 Å². The average molecular weight is 561 g/mol. The van der Waals surface area contributed by atoms with E-state index in [1.807, 2.05) is 19.1 Å². The highest BCUT2D eigenvalue weighted by Crippen LogP contribution is 2.25. The van der Waals surface area contributed by atoms with Crippen molar-refractivity contribution in [3.8, 4) is 0 Å². The minimum Gasteiger partial charge on any atom is -0.469 e. The molecule has 2 aliphatic heterocycles. The van der Waals surface area contributed by atoms with Crippen molar-refractivity contribution in [2.75, 3.05) is 64.4 Å². The van der Waals surface area contributed by atoms with Crippen molar-refractivity contribution in [3.63, 3.8) is 0 Å². The summed E-state index contributed by atoms with van der Waals surface area (Å²) in [4.78, 5) is 23.3. The van der Waals surface area contributed by atoms with Gasteiger partial charge in [-0.05, 0) is 37.1 Å². The van der Waals surface area contributed by atoms with Crippen LogP contribution in [0, 0.1) is 17.7 Å². The molecule has 2 atom stereocenters. The first kappa shape index (κ1) is 26.6. The Morgan fingerprint density at radius 1 is 1.22 bits per heavy atom. The fourth-order valence-corrected chi connectivity index (χ4v) is 4.40. The van der Waals surface area contributed by atoms with Crippen molar-refractivity contribution < 1.29 is 13.9 Å². The molecule has 32 heavy (non-hydrogen) atoms. The average Bonchev–Trinajstić information content (AvgIpc) is 3.17. The Hall–Kier alpha value is -1.62. The lowest BCUT2D eigenvalue weighted by molar-refractivity contribution is -0.145. The van der Waals surface area contributed by atoms with Gasteiger partial charge in [-0.25, -0.2) is 9.38 Å². The molecular weight excluding hydrogens is 524 g/mol. The number of hydrogen-bond acceptors (Lipinski definition) is 5. The monoisotopic (exact) mass is 561 g/mol. The van der Waals surface area contributed by atoms with Crippen molar-refractivity contribution in [1.82, 2.24) is 15.1 Å². The van der Waals surface area contributed by atoms with Crippen molar-refractivity contribution >= 4 is 41.6 Å². The Morgan fingerprint density at radius 2 is 1.94 bits per heavy atom. The van der Waals surface area contributed by atoms with E-state index >= 15 is 0 Å². The van der Waals surface area contributed by atoms with E-state index < -0.39 is 0 Å². The van der Waals surface area contributed by atoms with Crippen LogP contribution in [0.25, 0.3) is 0 Å². The standard InChI is InChI=1S/C23H36FN5O2.HI/c1-5-25-23(29-15-17(3)19(16-29)22(30)31-4)26-14-18-7-8-21(20(24)13-18)28-11-9-27(6-2)10-12-28;/h7-8,13,17,19H,5-6,9-12,14-16H2,1-4H3,(H,25,26);1H. The predicted molar refractivity (Wildman–Crippen MR) is 137 cm³/mol. The number of nitrogens with zero attached hydrogens (tertiary/aromatic N) is 4. The van der Waals surface area contributed by atoms with Gasteiger partial charge in [0.1, 0.15) is 5.82 Å². The van der Waals surface area contributed by atoms with Crippen LogP contribution in [0.15, 0.2) is 23.2 Å². The minimum atomic E-state index is -0.191. The number of hydrogen-bond donors (Lipinski definition) is 1. The Labute approximate surface area is 208 Å². The SMILES string of the molecule is CCNC(=NCc1ccc(N2CCN(CC)CC2)c(F)c1)N1CC(C)C(C(=O)OC)C1.I. The molecule has 180 valence electrons. The number of carbonyl (C=O) groups is 1. The number of guanidine groups is 1. The predicted octanol–water partition coefficient (Wildman–Crippen LogP) is 2.79. The smallest absolute Gasteiger partial charge is 0.310 e. The van der Waals surface area contributed by atoms with Gasteiger partial charge in [0, 0.05) is 45.8 Å². The summed E-state index contributed by atoms with van der Waals surface area (Å²) in [6, 6.07) is 5.43. The number of carbonyl (C=O) groups excluding carboxylic acids is 1. The molecule has 7 nitrogen and oxygen atoms in total. The molecule has 3 rings (SSSR count). The molecule has 1 aromatic rings. The van der Waals surface area contributed by atoms with E-state index in [9.17, 15) is 9.18 Å². The molecule has 0 aromatic heterocycles. The van der Waals surface area contributed by atoms with Crippen molar-refractivity contribution in [3.05, 3.63) is 29.6 Å². The summed E-state index contributed by atoms with van der Waals surface area (Å²) in [7, 11) is 1.43. The first-order chi connectivity index (χ1) is 15.0. The van der Waals surface area contributed by atoms with E-state index in [1.54, 1.807) is 6.07 Å². The normalized spacial score (nSPS) is 22.0. The zero-order valence-electron chi connectivity index (χ0n) is 19.6. The van der Waals surface area contributed by atoms with E-state index in [2.05, 4.69) is 33.9 Å². The fraction of sp³-hybridized carbons (Fsp3) is 0.652. The second kappa shape index (κ2) is 12.6. The van der Waals surface area contributed by atoms with E-state index in [1.165, 1.54) is 7.11 Å². The number of piperazine rings is 1. The summed E-state index contributed by atoms with van der Waals surface area (Å²) < 4.78 is 19.8. The fourth-order valence-electron chi connectivity index (χ4n) is 4.40. The van der Waals surface area contributed by atoms with Gasteiger partial charge in [-0.3, -0.25) is 4.79 Å². The minimum absolute atomic E-state index is 0. The lowest BCUT2D eigenvalue weighted by atomic mass is 9.99. The molecule has 2 aliphatic rings. The largest absolute Gasteiger partial charge is 0.469 e. The summed E-state index contributed by atoms with van der Waals surface area (Å²) >= 11 is 0. The molecule has 0 amide bonds. The Balaban J connectivity index is 0.00000363. The molecule has 1 aromatic carbocycles. The van der Waals surface area contributed by atoms with Gasteiger partial charge in [-0.1, -0.05) is 19.9 Å². The van der Waals surface area contributed by atoms with Crippen LogP contribution in [-0.4, -0.2) is 81.2 Å². The van der Waals surface area contributed by atoms with Gasteiger partial charge in [-0.2, -0.15) is 0 Å². The van der Waals surface area contributed by atoms with Gasteiger partial charge in [0.05, 0.1) is 25.3 Å². The number of esters is 1. The van der Waals surface area contributed by atoms with Gasteiger partial charge in [0.2, 0.25) is 0 Å². The number of methoxy groups -OCH3 is 1. The van der Waals surface area contributed by atoms with Crippen molar-refractivity contribution in [2.45, 2.75) is 27.3 Å². The second-order valence-electron chi connectivity index (χ2n) is 8.39. The number of likely N-dealkylation sites (N-methyl/N-ethyl adjacent to an activating group) is 1. The number of ether oxygens (including phenoxy) is 1. The summed E-state index contributed by atoms with van der Waals surface area (Å²) in [6.07, 6.45) is 0. The van der Waals surface area contributed by atoms with Crippen LogP contribution in [0.4, 0.5) is 10.1 Å². The quantitative estimate of drug-likeness (QED) is 0.250. The summed E-state index contributed by atoms with van der Waals surface area (Å²) in [5.74, 6) is 0.423. The highest BCUT2D eigenvalue weighted by atomic mass is 127. The molecule has 0 spiro atoms. The molecule has 2 saturated heterocycles. The molecule has 0 radical (unpaired) electrons. The molecule has 2 heterocycles. The highest BCUT2D eigenvalue weighted by molar-refractivity contribution is 14.0. The Morgan fingerprint density at radius 3 is 2.53 bits per heavy atom. The van der Waals surface area contributed by atoms with E-state index in [0.717, 1.165) is 57.3 Å². The lowest BCUT2D eigenvalue weighted by Gasteiger charge is -2.35. The number of rotatable bonds is 6. The maximum atomic E-state index is 14.8. The van der Waals surface area contributed by atoms with Gasteiger partial charge >= 0.3 is 5.97 Å². The Kier molecular flexibility index (Phi) is 10.5. The summed E-state index contributed by atoms with van der Waals surface area (Å²) in [5, 5.41) is 3.30. The van der Waals surface area contributed by atoms with Gasteiger partial charge in [-0.15, -0.1) is 24.0 Å². The number of benzene rings is 1. The highest BCUT2D eigenvalue weighted by Gasteiger charge is 2.36. The van der Waals surface area contributed by atoms with Gasteiger partial charge in [0.25, 0.3) is 0 Å². The van der Waals surface area contributed by atoms with Crippen LogP contribution in [-0.2, 0) is 16.1 Å². The Bertz CT molecular complexity index is 786. The van der Waals surface area contributed by atoms with Crippen LogP contribution in [0.1, 0.15) is 26.3 Å². The molecule has 2 fully saturated rings. The third-order valence-corrected chi connectivity index (χ3v) is 6.33. The van der Waals surface area contributed by atoms with Gasteiger partial charge in [0.15, 0.2) is 5.96 Å². The number of halogens is 2. The first-order valence-corrected chi connectivity index (χ1v) is 11.3. The summed E-state index contributed by atoms with van der Waals surface area (Å²) in [6.45, 7) is 13.3. The summed E-state index contributed by atoms with van der Waals surface area (Å²) in [5.41, 5.74) is 1.50. The third-order valence-electron chi connectivity index (χ3n) is 6.33. The van der Waals surface area contributed by atoms with E-state index in [4.69, 9.17) is 9.73 Å². The second-order valence-corrected chi connectivity index (χ2v) is 8.39. The van der Waals surface area contributed by atoms with E-state index in [0.29, 0.717) is 18.8 Å². The van der Waals surface area contributed by atoms with E-state index in [-0.39, 0.29) is 47.6 Å². The molecular formula is C23H37FIN5O2. The topological polar surface area (TPSA) is 60.4 Å². The molecule has 1 N–H and O–H groups in total. The molecule has 0 bridgehead atoms. The van der Waals surface area contributed by atoms with Crippen LogP contribution >= 0.6 is 24.0 Å². The molecule has 0 aliphatic carbocycles. The zero-order chi connectivity index (χ0) is 22.4. The van der Waals surface area contributed by atoms with Crippen LogP contribution in [0.3, 0.4) is 0 Å². The third kappa shape index (κ3) is 6.46. The first-order valence-electron chi connectivity index (χ1n) is 11.3. The number of anilines is 1.